The van der Waals surface area contributed by atoms with Crippen molar-refractivity contribution in [2.45, 2.75) is 116 Å². The summed E-state index contributed by atoms with van der Waals surface area (Å²) in [7, 11) is 0. The molecule has 0 amide bonds. The van der Waals surface area contributed by atoms with E-state index in [0.29, 0.717) is 13.2 Å². The Labute approximate surface area is 202 Å². The minimum absolute atomic E-state index is 0.365. The third-order valence-corrected chi connectivity index (χ3v) is 6.31. The van der Waals surface area contributed by atoms with Gasteiger partial charge in [0.05, 0.1) is 0 Å². The molecule has 3 heteroatoms. The molecule has 1 unspecified atom stereocenters. The van der Waals surface area contributed by atoms with Gasteiger partial charge < -0.3 is 9.47 Å². The summed E-state index contributed by atoms with van der Waals surface area (Å²) in [4.78, 5) is -0.609. The molecule has 1 atom stereocenters. The maximum atomic E-state index is 7.17. The fraction of sp³-hybridized carbons (Fsp3) is 0.655. The van der Waals surface area contributed by atoms with Gasteiger partial charge in [0.1, 0.15) is 30.3 Å². The Balaban J connectivity index is 2.47. The number of unbranched alkanes of at least 4 members (excludes halogenated alkanes) is 11. The lowest BCUT2D eigenvalue weighted by Gasteiger charge is -2.28. The standard InChI is InChI=1S/C29H43ClO2/c1-4-7-8-9-10-11-12-13-14-15-16-19-22-29(30,26-32-24-6-3)28-21-18-17-20-27(28)25-31-23-5-2/h17-18,20-21H,4,7-16,19,22,25-26H2,1-3H3. The number of ether oxygens (including phenoxy) is 2. The van der Waals surface area contributed by atoms with E-state index >= 15 is 0 Å². The first-order chi connectivity index (χ1) is 15.7. The highest BCUT2D eigenvalue weighted by Gasteiger charge is 2.32. The molecule has 0 aliphatic carbocycles. The summed E-state index contributed by atoms with van der Waals surface area (Å²) in [6, 6.07) is 8.16. The first kappa shape index (κ1) is 28.3. The molecule has 0 heterocycles. The molecule has 0 fully saturated rings. The second kappa shape index (κ2) is 18.8. The van der Waals surface area contributed by atoms with Crippen LogP contribution in [0.5, 0.6) is 0 Å². The van der Waals surface area contributed by atoms with E-state index in [4.69, 9.17) is 21.1 Å². The molecule has 2 nitrogen and oxygen atoms in total. The Hall–Kier alpha value is -1.77. The maximum absolute atomic E-state index is 7.17. The molecule has 0 saturated carbocycles. The molecule has 0 aliphatic rings. The average Bonchev–Trinajstić information content (AvgIpc) is 2.80. The molecule has 0 spiro atoms. The lowest BCUT2D eigenvalue weighted by molar-refractivity contribution is 0.218. The van der Waals surface area contributed by atoms with Gasteiger partial charge >= 0.3 is 0 Å². The van der Waals surface area contributed by atoms with Gasteiger partial charge in [-0.25, -0.2) is 0 Å². The van der Waals surface area contributed by atoms with Crippen LogP contribution in [0.4, 0.5) is 0 Å². The molecular formula is C29H43ClO2. The van der Waals surface area contributed by atoms with Crippen LogP contribution in [0.3, 0.4) is 0 Å². The zero-order valence-electron chi connectivity index (χ0n) is 20.6. The Bertz CT molecular complexity index is 722. The number of hydrogen-bond donors (Lipinski definition) is 0. The first-order valence-electron chi connectivity index (χ1n) is 12.5. The number of alkyl halides is 1. The molecule has 0 radical (unpaired) electrons. The molecular weight excluding hydrogens is 416 g/mol. The Morgan fingerprint density at radius 3 is 1.88 bits per heavy atom. The zero-order valence-corrected chi connectivity index (χ0v) is 21.4. The van der Waals surface area contributed by atoms with Crippen LogP contribution in [-0.2, 0) is 21.0 Å². The van der Waals surface area contributed by atoms with Crippen molar-refractivity contribution in [2.75, 3.05) is 6.61 Å². The van der Waals surface area contributed by atoms with Crippen molar-refractivity contribution >= 4 is 11.6 Å². The molecule has 0 aliphatic heterocycles. The van der Waals surface area contributed by atoms with E-state index in [1.54, 1.807) is 13.8 Å². The number of benzene rings is 1. The van der Waals surface area contributed by atoms with Crippen LogP contribution in [0.2, 0.25) is 0 Å². The van der Waals surface area contributed by atoms with E-state index in [9.17, 15) is 0 Å². The highest BCUT2D eigenvalue weighted by Crippen LogP contribution is 2.37. The van der Waals surface area contributed by atoms with Crippen molar-refractivity contribution in [3.05, 3.63) is 35.4 Å². The van der Waals surface area contributed by atoms with Gasteiger partial charge in [0.2, 0.25) is 0 Å². The van der Waals surface area contributed by atoms with E-state index in [1.807, 2.05) is 12.1 Å². The van der Waals surface area contributed by atoms with E-state index in [2.05, 4.69) is 43.1 Å². The normalized spacial score (nSPS) is 12.1. The highest BCUT2D eigenvalue weighted by molar-refractivity contribution is 6.24. The van der Waals surface area contributed by atoms with Crippen LogP contribution in [0.1, 0.15) is 115 Å². The third kappa shape index (κ3) is 12.3. The summed E-state index contributed by atoms with van der Waals surface area (Å²) in [5.41, 5.74) is 2.11. The zero-order chi connectivity index (χ0) is 23.3. The predicted octanol–water partition coefficient (Wildman–Crippen LogP) is 8.71. The summed E-state index contributed by atoms with van der Waals surface area (Å²) in [6.07, 6.45) is 22.2. The summed E-state index contributed by atoms with van der Waals surface area (Å²) in [5, 5.41) is 0. The Kier molecular flexibility index (Phi) is 16.6. The van der Waals surface area contributed by atoms with E-state index in [-0.39, 0.29) is 0 Å². The minimum Gasteiger partial charge on any atom is -0.444 e. The summed E-state index contributed by atoms with van der Waals surface area (Å²) < 4.78 is 11.0. The van der Waals surface area contributed by atoms with Crippen molar-refractivity contribution < 1.29 is 9.47 Å². The van der Waals surface area contributed by atoms with Crippen LogP contribution in [0.25, 0.3) is 0 Å². The topological polar surface area (TPSA) is 18.5 Å². The first-order valence-corrected chi connectivity index (χ1v) is 12.9. The van der Waals surface area contributed by atoms with Gasteiger partial charge in [0.15, 0.2) is 0 Å². The fourth-order valence-electron chi connectivity index (χ4n) is 4.02. The average molecular weight is 459 g/mol. The van der Waals surface area contributed by atoms with Crippen LogP contribution in [0, 0.1) is 24.1 Å². The largest absolute Gasteiger partial charge is 0.444 e. The van der Waals surface area contributed by atoms with E-state index in [1.165, 1.54) is 70.6 Å². The van der Waals surface area contributed by atoms with Gasteiger partial charge in [-0.1, -0.05) is 120 Å². The second-order valence-corrected chi connectivity index (χ2v) is 9.27. The van der Waals surface area contributed by atoms with Gasteiger partial charge in [-0.3, -0.25) is 0 Å². The lowest BCUT2D eigenvalue weighted by Crippen LogP contribution is -2.26. The van der Waals surface area contributed by atoms with Gasteiger partial charge in [0, 0.05) is 13.8 Å². The minimum atomic E-state index is -0.609. The summed E-state index contributed by atoms with van der Waals surface area (Å²) >= 11 is 7.17. The van der Waals surface area contributed by atoms with Crippen LogP contribution >= 0.6 is 11.6 Å². The maximum Gasteiger partial charge on any atom is 0.125 e. The molecule has 1 rings (SSSR count). The molecule has 0 N–H and O–H groups in total. The van der Waals surface area contributed by atoms with Gasteiger partial charge in [-0.05, 0) is 17.5 Å². The molecule has 1 aromatic rings. The van der Waals surface area contributed by atoms with Crippen molar-refractivity contribution in [1.29, 1.82) is 0 Å². The van der Waals surface area contributed by atoms with Crippen molar-refractivity contribution in [1.82, 2.24) is 0 Å². The fourth-order valence-corrected chi connectivity index (χ4v) is 4.40. The van der Waals surface area contributed by atoms with E-state index in [0.717, 1.165) is 24.0 Å². The SMILES string of the molecule is CC#COCc1ccccc1C(Cl)(CCCCCCCCCCCCCC)COC#CC. The number of hydrogen-bond acceptors (Lipinski definition) is 2. The Morgan fingerprint density at radius 1 is 0.750 bits per heavy atom. The van der Waals surface area contributed by atoms with Crippen LogP contribution in [0.15, 0.2) is 24.3 Å². The van der Waals surface area contributed by atoms with Crippen molar-refractivity contribution in [3.8, 4) is 24.1 Å². The molecule has 32 heavy (non-hydrogen) atoms. The van der Waals surface area contributed by atoms with Gasteiger partial charge in [-0.2, -0.15) is 0 Å². The molecule has 0 aromatic heterocycles. The summed E-state index contributed by atoms with van der Waals surface area (Å²) in [6.45, 7) is 6.60. The summed E-state index contributed by atoms with van der Waals surface area (Å²) in [5.74, 6) is 5.56. The number of halogens is 1. The quantitative estimate of drug-likeness (QED) is 0.124. The van der Waals surface area contributed by atoms with Crippen molar-refractivity contribution in [3.63, 3.8) is 0 Å². The Morgan fingerprint density at radius 2 is 1.28 bits per heavy atom. The third-order valence-electron chi connectivity index (χ3n) is 5.80. The molecule has 0 saturated heterocycles. The van der Waals surface area contributed by atoms with Gasteiger partial charge in [0.25, 0.3) is 0 Å². The van der Waals surface area contributed by atoms with Gasteiger partial charge in [-0.15, -0.1) is 11.6 Å². The molecule has 1 aromatic carbocycles. The second-order valence-electron chi connectivity index (χ2n) is 8.54. The smallest absolute Gasteiger partial charge is 0.125 e. The number of rotatable bonds is 18. The van der Waals surface area contributed by atoms with Crippen molar-refractivity contribution in [2.24, 2.45) is 0 Å². The monoisotopic (exact) mass is 458 g/mol. The molecule has 178 valence electrons. The molecule has 0 bridgehead atoms. The van der Waals surface area contributed by atoms with Crippen LogP contribution in [-0.4, -0.2) is 6.61 Å². The highest BCUT2D eigenvalue weighted by atomic mass is 35.5. The predicted molar refractivity (Wildman–Crippen MR) is 137 cm³/mol. The van der Waals surface area contributed by atoms with E-state index < -0.39 is 4.87 Å². The lowest BCUT2D eigenvalue weighted by atomic mass is 9.89. The van der Waals surface area contributed by atoms with Crippen LogP contribution < -0.4 is 0 Å².